The lowest BCUT2D eigenvalue weighted by Crippen LogP contribution is -2.08. The van der Waals surface area contributed by atoms with Crippen LogP contribution in [0.4, 0.5) is 0 Å². The van der Waals surface area contributed by atoms with Gasteiger partial charge in [0.25, 0.3) is 0 Å². The summed E-state index contributed by atoms with van der Waals surface area (Å²) in [5.41, 5.74) is 6.83. The Morgan fingerprint density at radius 2 is 2.31 bits per heavy atom. The van der Waals surface area contributed by atoms with E-state index in [4.69, 9.17) is 11.1 Å². The number of hydrogen-bond acceptors (Lipinski definition) is 5. The van der Waals surface area contributed by atoms with Crippen LogP contribution in [0.5, 0.6) is 0 Å². The average molecular weight is 236 g/mol. The van der Waals surface area contributed by atoms with E-state index in [0.29, 0.717) is 12.1 Å². The van der Waals surface area contributed by atoms with Crippen LogP contribution in [0.2, 0.25) is 0 Å². The number of nitrogens with one attached hydrogen (secondary N) is 2. The van der Waals surface area contributed by atoms with Gasteiger partial charge in [0.1, 0.15) is 16.9 Å². The number of aromatic nitrogens is 4. The molecule has 0 aliphatic rings. The fourth-order valence-electron chi connectivity index (χ4n) is 1.28. The van der Waals surface area contributed by atoms with Crippen LogP contribution in [0.1, 0.15) is 12.8 Å². The molecule has 0 fully saturated rings. The van der Waals surface area contributed by atoms with E-state index in [9.17, 15) is 0 Å². The second-order valence-corrected chi connectivity index (χ2v) is 4.34. The van der Waals surface area contributed by atoms with Gasteiger partial charge in [-0.05, 0) is 12.2 Å². The van der Waals surface area contributed by atoms with E-state index in [1.165, 1.54) is 6.33 Å². The highest BCUT2D eigenvalue weighted by Gasteiger charge is 2.05. The fourth-order valence-corrected chi connectivity index (χ4v) is 2.18. The van der Waals surface area contributed by atoms with Crippen LogP contribution in [0.15, 0.2) is 17.7 Å². The number of amidine groups is 1. The molecular weight excluding hydrogens is 224 g/mol. The lowest BCUT2D eigenvalue weighted by Gasteiger charge is -2.00. The van der Waals surface area contributed by atoms with Gasteiger partial charge in [0.2, 0.25) is 0 Å². The zero-order valence-electron chi connectivity index (χ0n) is 8.60. The number of thioether (sulfide) groups is 1. The first-order valence-electron chi connectivity index (χ1n) is 4.87. The molecule has 2 aromatic rings. The molecule has 0 aliphatic carbocycles. The van der Waals surface area contributed by atoms with Crippen molar-refractivity contribution in [3.63, 3.8) is 0 Å². The first-order valence-corrected chi connectivity index (χ1v) is 5.85. The summed E-state index contributed by atoms with van der Waals surface area (Å²) >= 11 is 1.62. The minimum atomic E-state index is 0.231. The van der Waals surface area contributed by atoms with Crippen molar-refractivity contribution in [1.82, 2.24) is 19.9 Å². The zero-order chi connectivity index (χ0) is 11.4. The lowest BCUT2D eigenvalue weighted by molar-refractivity contribution is 0.983. The number of H-pyrrole nitrogens is 1. The molecule has 0 saturated carbocycles. The predicted octanol–water partition coefficient (Wildman–Crippen LogP) is 1.16. The van der Waals surface area contributed by atoms with Crippen molar-refractivity contribution in [1.29, 1.82) is 5.41 Å². The van der Waals surface area contributed by atoms with Crippen molar-refractivity contribution in [3.05, 3.63) is 12.7 Å². The molecule has 0 unspecified atom stereocenters. The molecule has 16 heavy (non-hydrogen) atoms. The molecule has 6 nitrogen and oxygen atoms in total. The van der Waals surface area contributed by atoms with Gasteiger partial charge in [-0.1, -0.05) is 0 Å². The van der Waals surface area contributed by atoms with E-state index in [1.807, 2.05) is 0 Å². The van der Waals surface area contributed by atoms with Crippen molar-refractivity contribution in [2.45, 2.75) is 17.9 Å². The Bertz CT molecular complexity index is 493. The minimum absolute atomic E-state index is 0.231. The summed E-state index contributed by atoms with van der Waals surface area (Å²) in [6, 6.07) is 0. The Hall–Kier alpha value is -1.63. The highest BCUT2D eigenvalue weighted by Crippen LogP contribution is 2.22. The lowest BCUT2D eigenvalue weighted by atomic mass is 10.3. The van der Waals surface area contributed by atoms with Gasteiger partial charge in [-0.25, -0.2) is 15.0 Å². The highest BCUT2D eigenvalue weighted by molar-refractivity contribution is 7.99. The molecule has 4 N–H and O–H groups in total. The number of aromatic amines is 1. The van der Waals surface area contributed by atoms with Crippen LogP contribution in [-0.2, 0) is 0 Å². The Morgan fingerprint density at radius 3 is 3.12 bits per heavy atom. The number of imidazole rings is 1. The number of nitrogens with zero attached hydrogens (tertiary/aromatic N) is 3. The summed E-state index contributed by atoms with van der Waals surface area (Å²) in [5.74, 6) is 1.11. The molecule has 84 valence electrons. The van der Waals surface area contributed by atoms with Crippen molar-refractivity contribution in [3.8, 4) is 0 Å². The van der Waals surface area contributed by atoms with E-state index in [0.717, 1.165) is 22.7 Å². The Kier molecular flexibility index (Phi) is 3.35. The number of hydrogen-bond donors (Lipinski definition) is 3. The van der Waals surface area contributed by atoms with Gasteiger partial charge in [0.15, 0.2) is 5.65 Å². The summed E-state index contributed by atoms with van der Waals surface area (Å²) in [6.45, 7) is 0. The molecular formula is C9H12N6S. The molecule has 2 rings (SSSR count). The topological polar surface area (TPSA) is 104 Å². The van der Waals surface area contributed by atoms with Gasteiger partial charge in [-0.2, -0.15) is 0 Å². The van der Waals surface area contributed by atoms with E-state index in [-0.39, 0.29) is 5.84 Å². The normalized spacial score (nSPS) is 10.8. The van der Waals surface area contributed by atoms with Crippen LogP contribution >= 0.6 is 11.8 Å². The summed E-state index contributed by atoms with van der Waals surface area (Å²) in [4.78, 5) is 15.3. The smallest absolute Gasteiger partial charge is 0.181 e. The number of nitrogens with two attached hydrogens (primary N) is 1. The first kappa shape index (κ1) is 10.9. The quantitative estimate of drug-likeness (QED) is 0.237. The third-order valence-electron chi connectivity index (χ3n) is 2.02. The molecule has 0 atom stereocenters. The largest absolute Gasteiger partial charge is 0.388 e. The predicted molar refractivity (Wildman–Crippen MR) is 63.6 cm³/mol. The molecule has 0 saturated heterocycles. The van der Waals surface area contributed by atoms with E-state index in [1.54, 1.807) is 18.1 Å². The average Bonchev–Trinajstić information content (AvgIpc) is 2.72. The van der Waals surface area contributed by atoms with Crippen LogP contribution in [-0.4, -0.2) is 31.5 Å². The fraction of sp³-hybridized carbons (Fsp3) is 0.333. The van der Waals surface area contributed by atoms with Gasteiger partial charge >= 0.3 is 0 Å². The molecule has 7 heteroatoms. The van der Waals surface area contributed by atoms with Gasteiger partial charge < -0.3 is 10.7 Å². The molecule has 0 amide bonds. The standard InChI is InChI=1S/C9H12N6S/c10-6(11)2-1-3-16-9-7-8(13-4-12-7)14-5-15-9/h4-5H,1-3H2,(H3,10,11)(H,12,13,14,15). The van der Waals surface area contributed by atoms with Gasteiger partial charge in [-0.3, -0.25) is 5.41 Å². The van der Waals surface area contributed by atoms with Crippen molar-refractivity contribution in [2.75, 3.05) is 5.75 Å². The minimum Gasteiger partial charge on any atom is -0.388 e. The molecule has 0 aromatic carbocycles. The third kappa shape index (κ3) is 2.48. The molecule has 2 heterocycles. The SMILES string of the molecule is N=C(N)CCCSc1ncnc2nc[nH]c12. The molecule has 0 radical (unpaired) electrons. The number of fused-ring (bicyclic) bond motifs is 1. The van der Waals surface area contributed by atoms with Crippen molar-refractivity contribution < 1.29 is 0 Å². The zero-order valence-corrected chi connectivity index (χ0v) is 9.42. The summed E-state index contributed by atoms with van der Waals surface area (Å²) in [5, 5.41) is 8.00. The Morgan fingerprint density at radius 1 is 1.44 bits per heavy atom. The molecule has 2 aromatic heterocycles. The first-order chi connectivity index (χ1) is 7.77. The maximum absolute atomic E-state index is 7.11. The molecule has 0 aliphatic heterocycles. The van der Waals surface area contributed by atoms with Crippen LogP contribution < -0.4 is 5.73 Å². The molecule has 0 spiro atoms. The number of rotatable bonds is 5. The van der Waals surface area contributed by atoms with Crippen LogP contribution in [0.3, 0.4) is 0 Å². The summed E-state index contributed by atoms with van der Waals surface area (Å²) < 4.78 is 0. The van der Waals surface area contributed by atoms with E-state index in [2.05, 4.69) is 19.9 Å². The molecule has 0 bridgehead atoms. The second-order valence-electron chi connectivity index (χ2n) is 3.26. The summed E-state index contributed by atoms with van der Waals surface area (Å²) in [7, 11) is 0. The maximum Gasteiger partial charge on any atom is 0.181 e. The van der Waals surface area contributed by atoms with Crippen LogP contribution in [0, 0.1) is 5.41 Å². The maximum atomic E-state index is 7.11. The van der Waals surface area contributed by atoms with Crippen molar-refractivity contribution in [2.24, 2.45) is 5.73 Å². The third-order valence-corrected chi connectivity index (χ3v) is 3.09. The highest BCUT2D eigenvalue weighted by atomic mass is 32.2. The second kappa shape index (κ2) is 4.93. The van der Waals surface area contributed by atoms with E-state index >= 15 is 0 Å². The Labute approximate surface area is 96.6 Å². The van der Waals surface area contributed by atoms with Gasteiger partial charge in [0.05, 0.1) is 12.2 Å². The van der Waals surface area contributed by atoms with Crippen LogP contribution in [0.25, 0.3) is 11.2 Å². The van der Waals surface area contributed by atoms with E-state index < -0.39 is 0 Å². The Balaban J connectivity index is 1.98. The summed E-state index contributed by atoms with van der Waals surface area (Å²) in [6.07, 6.45) is 4.62. The van der Waals surface area contributed by atoms with Crippen molar-refractivity contribution >= 4 is 28.8 Å². The monoisotopic (exact) mass is 236 g/mol. The van der Waals surface area contributed by atoms with Gasteiger partial charge in [0, 0.05) is 6.42 Å². The van der Waals surface area contributed by atoms with Gasteiger partial charge in [-0.15, -0.1) is 11.8 Å².